The van der Waals surface area contributed by atoms with E-state index in [4.69, 9.17) is 0 Å². The van der Waals surface area contributed by atoms with Crippen LogP contribution in [-0.4, -0.2) is 16.6 Å². The molecule has 0 unspecified atom stereocenters. The molecule has 0 aliphatic heterocycles. The molecule has 0 aliphatic rings. The van der Waals surface area contributed by atoms with Crippen LogP contribution in [0.4, 0.5) is 11.4 Å². The van der Waals surface area contributed by atoms with Crippen LogP contribution in [0.5, 0.6) is 0 Å². The van der Waals surface area contributed by atoms with Crippen molar-refractivity contribution in [2.24, 2.45) is 0 Å². The molecule has 0 fully saturated rings. The molecular formula is C23H20N2O3S. The number of benzene rings is 3. The summed E-state index contributed by atoms with van der Waals surface area (Å²) in [6.07, 6.45) is 1.67. The summed E-state index contributed by atoms with van der Waals surface area (Å²) in [6.45, 7) is 2.06. The number of para-hydroxylation sites is 1. The van der Waals surface area contributed by atoms with Crippen LogP contribution in [0.15, 0.2) is 83.8 Å². The zero-order chi connectivity index (χ0) is 20.6. The number of nitrogens with one attached hydrogen (secondary N) is 1. The minimum Gasteiger partial charge on any atom is -0.321 e. The molecule has 3 aromatic carbocycles. The third-order valence-electron chi connectivity index (χ3n) is 4.16. The van der Waals surface area contributed by atoms with Crippen molar-refractivity contribution in [3.8, 4) is 0 Å². The first-order valence-corrected chi connectivity index (χ1v) is 10.1. The highest BCUT2D eigenvalue weighted by Gasteiger charge is 2.15. The van der Waals surface area contributed by atoms with Crippen LogP contribution in [0.1, 0.15) is 18.1 Å². The second-order valence-electron chi connectivity index (χ2n) is 6.16. The van der Waals surface area contributed by atoms with Crippen LogP contribution in [0.25, 0.3) is 11.6 Å². The first-order valence-electron chi connectivity index (χ1n) is 9.13. The van der Waals surface area contributed by atoms with Crippen LogP contribution >= 0.6 is 11.8 Å². The van der Waals surface area contributed by atoms with Gasteiger partial charge >= 0.3 is 0 Å². The number of carbonyl (C=O) groups is 1. The molecule has 0 atom stereocenters. The average molecular weight is 404 g/mol. The Morgan fingerprint density at radius 1 is 1.03 bits per heavy atom. The van der Waals surface area contributed by atoms with E-state index in [1.54, 1.807) is 30.0 Å². The Morgan fingerprint density at radius 2 is 1.76 bits per heavy atom. The maximum atomic E-state index is 13.2. The lowest BCUT2D eigenvalue weighted by molar-refractivity contribution is -0.384. The Bertz CT molecular complexity index is 1050. The fraction of sp³-hybridized carbons (Fsp3) is 0.0870. The Balaban J connectivity index is 2.00. The summed E-state index contributed by atoms with van der Waals surface area (Å²) >= 11 is 1.65. The Hall–Kier alpha value is -3.38. The molecular weight excluding hydrogens is 384 g/mol. The minimum atomic E-state index is -0.447. The van der Waals surface area contributed by atoms with Crippen LogP contribution in [0, 0.1) is 10.1 Å². The second-order valence-corrected chi connectivity index (χ2v) is 7.47. The number of nitro groups is 1. The Morgan fingerprint density at radius 3 is 2.48 bits per heavy atom. The number of hydrogen-bond acceptors (Lipinski definition) is 4. The van der Waals surface area contributed by atoms with Gasteiger partial charge in [0.2, 0.25) is 0 Å². The molecule has 3 aromatic rings. The smallest absolute Gasteiger partial charge is 0.270 e. The van der Waals surface area contributed by atoms with Crippen molar-refractivity contribution < 1.29 is 9.72 Å². The van der Waals surface area contributed by atoms with Gasteiger partial charge in [-0.15, -0.1) is 11.8 Å². The highest BCUT2D eigenvalue weighted by molar-refractivity contribution is 7.99. The van der Waals surface area contributed by atoms with Crippen LogP contribution in [0.2, 0.25) is 0 Å². The molecule has 0 bridgehead atoms. The first-order chi connectivity index (χ1) is 14.1. The van der Waals surface area contributed by atoms with Crippen LogP contribution < -0.4 is 5.32 Å². The average Bonchev–Trinajstić information content (AvgIpc) is 2.74. The largest absolute Gasteiger partial charge is 0.321 e. The van der Waals surface area contributed by atoms with Crippen molar-refractivity contribution >= 4 is 40.7 Å². The molecule has 3 rings (SSSR count). The summed E-state index contributed by atoms with van der Waals surface area (Å²) in [5.74, 6) is 0.619. The summed E-state index contributed by atoms with van der Waals surface area (Å²) in [4.78, 5) is 24.8. The van der Waals surface area contributed by atoms with E-state index in [0.717, 1.165) is 21.9 Å². The lowest BCUT2D eigenvalue weighted by Gasteiger charge is -2.13. The number of hydrogen-bond donors (Lipinski definition) is 1. The predicted octanol–water partition coefficient (Wildman–Crippen LogP) is 5.89. The molecule has 1 N–H and O–H groups in total. The minimum absolute atomic E-state index is 0.0174. The van der Waals surface area contributed by atoms with Gasteiger partial charge in [0, 0.05) is 22.6 Å². The van der Waals surface area contributed by atoms with Gasteiger partial charge in [0.15, 0.2) is 0 Å². The SMILES string of the molecule is CCSc1ccccc1NC(=O)/C(=C/c1cccc([N+](=O)[O-])c1)c1ccccc1. The summed E-state index contributed by atoms with van der Waals surface area (Å²) in [6, 6.07) is 23.1. The van der Waals surface area contributed by atoms with Crippen molar-refractivity contribution in [2.75, 3.05) is 11.1 Å². The lowest BCUT2D eigenvalue weighted by atomic mass is 10.0. The molecule has 0 aromatic heterocycles. The Kier molecular flexibility index (Phi) is 6.81. The number of rotatable bonds is 7. The highest BCUT2D eigenvalue weighted by Crippen LogP contribution is 2.28. The molecule has 1 amide bonds. The number of nitrogens with zero attached hydrogens (tertiary/aromatic N) is 1. The fourth-order valence-corrected chi connectivity index (χ4v) is 3.59. The van der Waals surface area contributed by atoms with Crippen molar-refractivity contribution in [3.63, 3.8) is 0 Å². The maximum absolute atomic E-state index is 13.2. The van der Waals surface area contributed by atoms with E-state index in [2.05, 4.69) is 12.2 Å². The second kappa shape index (κ2) is 9.71. The summed E-state index contributed by atoms with van der Waals surface area (Å²) < 4.78 is 0. The number of amides is 1. The zero-order valence-corrected chi connectivity index (χ0v) is 16.7. The zero-order valence-electron chi connectivity index (χ0n) is 15.9. The quantitative estimate of drug-likeness (QED) is 0.175. The third-order valence-corrected chi connectivity index (χ3v) is 5.11. The van der Waals surface area contributed by atoms with E-state index in [9.17, 15) is 14.9 Å². The van der Waals surface area contributed by atoms with Gasteiger partial charge in [0.1, 0.15) is 0 Å². The topological polar surface area (TPSA) is 72.2 Å². The third kappa shape index (κ3) is 5.33. The van der Waals surface area contributed by atoms with Gasteiger partial charge in [-0.3, -0.25) is 14.9 Å². The van der Waals surface area contributed by atoms with Gasteiger partial charge in [-0.25, -0.2) is 0 Å². The summed E-state index contributed by atoms with van der Waals surface area (Å²) in [5, 5.41) is 14.1. The standard InChI is InChI=1S/C23H20N2O3S/c1-2-29-22-14-7-6-13-21(22)24-23(26)20(18-10-4-3-5-11-18)16-17-9-8-12-19(15-17)25(27)28/h3-16H,2H2,1H3,(H,24,26)/b20-16+. The van der Waals surface area contributed by atoms with E-state index in [-0.39, 0.29) is 11.6 Å². The van der Waals surface area contributed by atoms with E-state index in [1.807, 2.05) is 54.6 Å². The van der Waals surface area contributed by atoms with Gasteiger partial charge in [0.05, 0.1) is 10.6 Å². The lowest BCUT2D eigenvalue weighted by Crippen LogP contribution is -2.14. The van der Waals surface area contributed by atoms with Crippen LogP contribution in [0.3, 0.4) is 0 Å². The van der Waals surface area contributed by atoms with Gasteiger partial charge < -0.3 is 5.32 Å². The van der Waals surface area contributed by atoms with Crippen molar-refractivity contribution in [2.45, 2.75) is 11.8 Å². The highest BCUT2D eigenvalue weighted by atomic mass is 32.2. The van der Waals surface area contributed by atoms with E-state index < -0.39 is 4.92 Å². The van der Waals surface area contributed by atoms with Crippen molar-refractivity contribution in [3.05, 3.63) is 100 Å². The van der Waals surface area contributed by atoms with Gasteiger partial charge in [-0.2, -0.15) is 0 Å². The van der Waals surface area contributed by atoms with E-state index in [1.165, 1.54) is 12.1 Å². The number of anilines is 1. The fourth-order valence-electron chi connectivity index (χ4n) is 2.83. The summed E-state index contributed by atoms with van der Waals surface area (Å²) in [7, 11) is 0. The summed E-state index contributed by atoms with van der Waals surface area (Å²) in [5.41, 5.74) is 2.48. The molecule has 5 nitrogen and oxygen atoms in total. The predicted molar refractivity (Wildman–Crippen MR) is 119 cm³/mol. The van der Waals surface area contributed by atoms with Crippen molar-refractivity contribution in [1.29, 1.82) is 0 Å². The van der Waals surface area contributed by atoms with Gasteiger partial charge in [-0.05, 0) is 35.1 Å². The first kappa shape index (κ1) is 20.4. The number of thioether (sulfide) groups is 1. The van der Waals surface area contributed by atoms with E-state index in [0.29, 0.717) is 11.1 Å². The normalized spacial score (nSPS) is 11.1. The van der Waals surface area contributed by atoms with Gasteiger partial charge in [-0.1, -0.05) is 61.5 Å². The Labute approximate surface area is 173 Å². The van der Waals surface area contributed by atoms with Crippen molar-refractivity contribution in [1.82, 2.24) is 0 Å². The number of nitro benzene ring substituents is 1. The van der Waals surface area contributed by atoms with Crippen LogP contribution in [-0.2, 0) is 4.79 Å². The monoisotopic (exact) mass is 404 g/mol. The maximum Gasteiger partial charge on any atom is 0.270 e. The molecule has 0 aliphatic carbocycles. The van der Waals surface area contributed by atoms with Gasteiger partial charge in [0.25, 0.3) is 11.6 Å². The molecule has 0 heterocycles. The molecule has 0 radical (unpaired) electrons. The molecule has 0 saturated carbocycles. The molecule has 6 heteroatoms. The molecule has 0 spiro atoms. The van der Waals surface area contributed by atoms with E-state index >= 15 is 0 Å². The molecule has 29 heavy (non-hydrogen) atoms. The molecule has 146 valence electrons. The molecule has 0 saturated heterocycles. The number of non-ortho nitro benzene ring substituents is 1. The number of carbonyl (C=O) groups excluding carboxylic acids is 1.